The summed E-state index contributed by atoms with van der Waals surface area (Å²) in [5, 5.41) is 0.472. The molecule has 0 aliphatic carbocycles. The summed E-state index contributed by atoms with van der Waals surface area (Å²) in [5.74, 6) is 0.760. The van der Waals surface area contributed by atoms with Crippen LogP contribution in [0.15, 0.2) is 12.1 Å². The van der Waals surface area contributed by atoms with Crippen LogP contribution in [0.5, 0.6) is 0 Å². The first kappa shape index (κ1) is 12.5. The maximum Gasteiger partial charge on any atom is 0.153 e. The number of likely N-dealkylation sites (N-methyl/N-ethyl adjacent to an activating group) is 1. The van der Waals surface area contributed by atoms with Crippen LogP contribution >= 0.6 is 11.6 Å². The Labute approximate surface area is 107 Å². The lowest BCUT2D eigenvalue weighted by molar-refractivity contribution is 0.115. The van der Waals surface area contributed by atoms with E-state index in [2.05, 4.69) is 16.8 Å². The molecule has 17 heavy (non-hydrogen) atoms. The number of hydrogen-bond acceptors (Lipinski definition) is 4. The summed E-state index contributed by atoms with van der Waals surface area (Å²) in [4.78, 5) is 6.42. The molecule has 4 nitrogen and oxygen atoms in total. The van der Waals surface area contributed by atoms with Crippen molar-refractivity contribution in [2.75, 3.05) is 30.3 Å². The lowest BCUT2D eigenvalue weighted by Crippen LogP contribution is -2.33. The molecular formula is C12H18ClN3O. The standard InChI is InChI=1S/C12H18ClN3O/c1-2-16(8-9-4-3-7-17-9)12-10(14)5-6-11(13)15-12/h5-6,9H,2-4,7-8,14H2,1H3. The van der Waals surface area contributed by atoms with E-state index in [0.717, 1.165) is 38.4 Å². The van der Waals surface area contributed by atoms with E-state index >= 15 is 0 Å². The Balaban J connectivity index is 2.13. The maximum absolute atomic E-state index is 5.94. The monoisotopic (exact) mass is 255 g/mol. The summed E-state index contributed by atoms with van der Waals surface area (Å²) in [6, 6.07) is 3.50. The lowest BCUT2D eigenvalue weighted by atomic mass is 10.2. The van der Waals surface area contributed by atoms with Crippen LogP contribution in [0.1, 0.15) is 19.8 Å². The lowest BCUT2D eigenvalue weighted by Gasteiger charge is -2.26. The number of nitrogen functional groups attached to an aromatic ring is 1. The van der Waals surface area contributed by atoms with E-state index in [0.29, 0.717) is 10.8 Å². The Hall–Kier alpha value is -1.00. The van der Waals surface area contributed by atoms with E-state index in [1.165, 1.54) is 0 Å². The van der Waals surface area contributed by atoms with Crippen molar-refractivity contribution in [1.82, 2.24) is 4.98 Å². The van der Waals surface area contributed by atoms with Gasteiger partial charge >= 0.3 is 0 Å². The van der Waals surface area contributed by atoms with Gasteiger partial charge in [0.1, 0.15) is 5.15 Å². The number of aromatic nitrogens is 1. The zero-order valence-corrected chi connectivity index (χ0v) is 10.8. The van der Waals surface area contributed by atoms with Crippen LogP contribution in [0.4, 0.5) is 11.5 Å². The first-order valence-corrected chi connectivity index (χ1v) is 6.37. The first-order chi connectivity index (χ1) is 8.20. The summed E-state index contributed by atoms with van der Waals surface area (Å²) in [6.45, 7) is 4.61. The quantitative estimate of drug-likeness (QED) is 0.839. The van der Waals surface area contributed by atoms with Gasteiger partial charge in [0.2, 0.25) is 0 Å². The molecule has 5 heteroatoms. The van der Waals surface area contributed by atoms with Crippen LogP contribution in [0.25, 0.3) is 0 Å². The number of halogens is 1. The Morgan fingerprint density at radius 3 is 3.06 bits per heavy atom. The van der Waals surface area contributed by atoms with Crippen LogP contribution < -0.4 is 10.6 Å². The van der Waals surface area contributed by atoms with Gasteiger partial charge in [-0.2, -0.15) is 0 Å². The number of pyridine rings is 1. The largest absolute Gasteiger partial charge is 0.396 e. The van der Waals surface area contributed by atoms with Crippen LogP contribution in [0, 0.1) is 0 Å². The predicted molar refractivity (Wildman–Crippen MR) is 70.5 cm³/mol. The molecule has 0 saturated carbocycles. The maximum atomic E-state index is 5.94. The summed E-state index contributed by atoms with van der Waals surface area (Å²) < 4.78 is 5.63. The van der Waals surface area contributed by atoms with Gasteiger partial charge in [-0.3, -0.25) is 0 Å². The van der Waals surface area contributed by atoms with Crippen molar-refractivity contribution in [2.45, 2.75) is 25.9 Å². The normalized spacial score (nSPS) is 19.5. The fraction of sp³-hybridized carbons (Fsp3) is 0.583. The molecule has 0 radical (unpaired) electrons. The molecule has 1 aromatic rings. The van der Waals surface area contributed by atoms with E-state index in [-0.39, 0.29) is 6.10 Å². The second-order valence-corrected chi connectivity index (χ2v) is 4.61. The molecule has 1 aliphatic rings. The Kier molecular flexibility index (Phi) is 4.07. The summed E-state index contributed by atoms with van der Waals surface area (Å²) in [7, 11) is 0. The highest BCUT2D eigenvalue weighted by Gasteiger charge is 2.20. The molecule has 2 rings (SSSR count). The highest BCUT2D eigenvalue weighted by atomic mass is 35.5. The average Bonchev–Trinajstić information content (AvgIpc) is 2.82. The van der Waals surface area contributed by atoms with Crippen LogP contribution in [-0.4, -0.2) is 30.8 Å². The molecule has 1 aromatic heterocycles. The second-order valence-electron chi connectivity index (χ2n) is 4.22. The van der Waals surface area contributed by atoms with Gasteiger partial charge in [0.15, 0.2) is 5.82 Å². The minimum atomic E-state index is 0.287. The molecule has 1 fully saturated rings. The van der Waals surface area contributed by atoms with Gasteiger partial charge in [0.05, 0.1) is 11.8 Å². The van der Waals surface area contributed by atoms with E-state index in [1.54, 1.807) is 12.1 Å². The zero-order valence-electron chi connectivity index (χ0n) is 10.0. The number of nitrogens with two attached hydrogens (primary N) is 1. The Morgan fingerprint density at radius 2 is 2.41 bits per heavy atom. The summed E-state index contributed by atoms with van der Waals surface area (Å²) in [5.41, 5.74) is 6.60. The fourth-order valence-corrected chi connectivity index (χ4v) is 2.23. The topological polar surface area (TPSA) is 51.4 Å². The van der Waals surface area contributed by atoms with Crippen molar-refractivity contribution in [1.29, 1.82) is 0 Å². The van der Waals surface area contributed by atoms with Crippen LogP contribution in [0.2, 0.25) is 5.15 Å². The van der Waals surface area contributed by atoms with Gasteiger partial charge in [-0.1, -0.05) is 11.6 Å². The molecule has 1 aliphatic heterocycles. The van der Waals surface area contributed by atoms with Gasteiger partial charge in [-0.25, -0.2) is 4.98 Å². The highest BCUT2D eigenvalue weighted by molar-refractivity contribution is 6.29. The average molecular weight is 256 g/mol. The van der Waals surface area contributed by atoms with Crippen molar-refractivity contribution in [3.05, 3.63) is 17.3 Å². The van der Waals surface area contributed by atoms with Gasteiger partial charge in [0.25, 0.3) is 0 Å². The van der Waals surface area contributed by atoms with Crippen LogP contribution in [0.3, 0.4) is 0 Å². The predicted octanol–water partition coefficient (Wildman–Crippen LogP) is 2.32. The molecule has 2 N–H and O–H groups in total. The van der Waals surface area contributed by atoms with Crippen molar-refractivity contribution in [3.8, 4) is 0 Å². The second kappa shape index (κ2) is 5.56. The summed E-state index contributed by atoms with van der Waals surface area (Å²) >= 11 is 5.91. The third kappa shape index (κ3) is 3.01. The summed E-state index contributed by atoms with van der Waals surface area (Å²) in [6.07, 6.45) is 2.53. The molecule has 1 unspecified atom stereocenters. The van der Waals surface area contributed by atoms with Gasteiger partial charge < -0.3 is 15.4 Å². The SMILES string of the molecule is CCN(CC1CCCO1)c1nc(Cl)ccc1N. The van der Waals surface area contributed by atoms with E-state index < -0.39 is 0 Å². The van der Waals surface area contributed by atoms with Gasteiger partial charge in [-0.05, 0) is 31.9 Å². The minimum Gasteiger partial charge on any atom is -0.396 e. The molecule has 0 spiro atoms. The Bertz CT molecular complexity index is 380. The highest BCUT2D eigenvalue weighted by Crippen LogP contribution is 2.24. The molecule has 1 saturated heterocycles. The molecule has 94 valence electrons. The molecule has 0 aromatic carbocycles. The molecule has 1 atom stereocenters. The molecular weight excluding hydrogens is 238 g/mol. The number of rotatable bonds is 4. The smallest absolute Gasteiger partial charge is 0.153 e. The number of ether oxygens (including phenoxy) is 1. The molecule has 2 heterocycles. The van der Waals surface area contributed by atoms with Crippen LogP contribution in [-0.2, 0) is 4.74 Å². The molecule has 0 bridgehead atoms. The first-order valence-electron chi connectivity index (χ1n) is 5.99. The van der Waals surface area contributed by atoms with Gasteiger partial charge in [0, 0.05) is 19.7 Å². The van der Waals surface area contributed by atoms with Crippen molar-refractivity contribution >= 4 is 23.1 Å². The fourth-order valence-electron chi connectivity index (χ4n) is 2.09. The minimum absolute atomic E-state index is 0.287. The van der Waals surface area contributed by atoms with Crippen molar-refractivity contribution in [3.63, 3.8) is 0 Å². The third-order valence-electron chi connectivity index (χ3n) is 3.00. The van der Waals surface area contributed by atoms with E-state index in [4.69, 9.17) is 22.1 Å². The zero-order chi connectivity index (χ0) is 12.3. The Morgan fingerprint density at radius 1 is 1.59 bits per heavy atom. The number of nitrogens with zero attached hydrogens (tertiary/aromatic N) is 2. The van der Waals surface area contributed by atoms with Gasteiger partial charge in [-0.15, -0.1) is 0 Å². The van der Waals surface area contributed by atoms with Crippen molar-refractivity contribution < 1.29 is 4.74 Å². The molecule has 0 amide bonds. The number of anilines is 2. The van der Waals surface area contributed by atoms with Crippen molar-refractivity contribution in [2.24, 2.45) is 0 Å². The van der Waals surface area contributed by atoms with E-state index in [1.807, 2.05) is 0 Å². The number of hydrogen-bond donors (Lipinski definition) is 1. The third-order valence-corrected chi connectivity index (χ3v) is 3.21. The van der Waals surface area contributed by atoms with E-state index in [9.17, 15) is 0 Å².